The minimum absolute atomic E-state index is 0.0461. The number of nitrogens with zero attached hydrogens (tertiary/aromatic N) is 3. The molecule has 19 heavy (non-hydrogen) atoms. The van der Waals surface area contributed by atoms with Crippen molar-refractivity contribution in [3.05, 3.63) is 40.0 Å². The Kier molecular flexibility index (Phi) is 3.10. The molecule has 0 spiro atoms. The van der Waals surface area contributed by atoms with Gasteiger partial charge in [-0.25, -0.2) is 4.98 Å². The Morgan fingerprint density at radius 3 is 2.84 bits per heavy atom. The summed E-state index contributed by atoms with van der Waals surface area (Å²) in [5.41, 5.74) is -0.462. The Morgan fingerprint density at radius 1 is 1.53 bits per heavy atom. The summed E-state index contributed by atoms with van der Waals surface area (Å²) < 4.78 is 0. The first kappa shape index (κ1) is 12.5. The molecule has 1 amide bonds. The van der Waals surface area contributed by atoms with Crippen molar-refractivity contribution < 1.29 is 14.8 Å². The largest absolute Gasteiger partial charge is 0.508 e. The van der Waals surface area contributed by atoms with E-state index in [1.165, 1.54) is 12.1 Å². The van der Waals surface area contributed by atoms with Crippen molar-refractivity contribution in [2.45, 2.75) is 6.92 Å². The lowest BCUT2D eigenvalue weighted by molar-refractivity contribution is -0.384. The number of aromatic amines is 1. The number of aromatic nitrogens is 3. The lowest BCUT2D eigenvalue weighted by Crippen LogP contribution is -2.14. The third-order valence-electron chi connectivity index (χ3n) is 2.23. The maximum Gasteiger partial charge on any atom is 0.296 e. The predicted octanol–water partition coefficient (Wildman–Crippen LogP) is 0.979. The van der Waals surface area contributed by atoms with E-state index in [0.717, 1.165) is 6.07 Å². The van der Waals surface area contributed by atoms with Gasteiger partial charge in [-0.2, -0.15) is 0 Å². The van der Waals surface area contributed by atoms with Crippen LogP contribution in [0.1, 0.15) is 16.4 Å². The number of aromatic hydroxyl groups is 1. The summed E-state index contributed by atoms with van der Waals surface area (Å²) in [4.78, 5) is 25.6. The molecule has 0 radical (unpaired) electrons. The summed E-state index contributed by atoms with van der Waals surface area (Å²) in [6.07, 6.45) is 0. The van der Waals surface area contributed by atoms with Gasteiger partial charge in [0.1, 0.15) is 17.3 Å². The number of benzene rings is 1. The van der Waals surface area contributed by atoms with E-state index in [1.54, 1.807) is 6.92 Å². The molecule has 9 heteroatoms. The highest BCUT2D eigenvalue weighted by Gasteiger charge is 2.19. The second-order valence-electron chi connectivity index (χ2n) is 3.66. The molecule has 0 saturated heterocycles. The molecule has 0 unspecified atom stereocenters. The van der Waals surface area contributed by atoms with Gasteiger partial charge >= 0.3 is 0 Å². The van der Waals surface area contributed by atoms with Crippen LogP contribution < -0.4 is 5.32 Å². The third-order valence-corrected chi connectivity index (χ3v) is 2.23. The van der Waals surface area contributed by atoms with Gasteiger partial charge in [-0.1, -0.05) is 0 Å². The molecule has 98 valence electrons. The van der Waals surface area contributed by atoms with Crippen molar-refractivity contribution >= 4 is 17.3 Å². The molecular formula is C10H9N5O4. The molecule has 0 bridgehead atoms. The molecule has 2 rings (SSSR count). The molecule has 0 saturated carbocycles. The van der Waals surface area contributed by atoms with E-state index in [2.05, 4.69) is 20.5 Å². The zero-order chi connectivity index (χ0) is 14.0. The monoisotopic (exact) mass is 263 g/mol. The lowest BCUT2D eigenvalue weighted by Gasteiger charge is -2.04. The van der Waals surface area contributed by atoms with Crippen LogP contribution in [0.3, 0.4) is 0 Å². The Morgan fingerprint density at radius 2 is 2.26 bits per heavy atom. The fourth-order valence-corrected chi connectivity index (χ4v) is 1.40. The standard InChI is InChI=1S/C10H9N5O4/c1-5-11-9(14-13-5)10(17)12-7-3-2-6(16)4-8(7)15(18)19/h2-4,16H,1H3,(H,12,17)(H,11,13,14). The first-order valence-corrected chi connectivity index (χ1v) is 5.15. The summed E-state index contributed by atoms with van der Waals surface area (Å²) in [6, 6.07) is 3.40. The number of hydrogen-bond acceptors (Lipinski definition) is 6. The van der Waals surface area contributed by atoms with Gasteiger partial charge in [0, 0.05) is 0 Å². The topological polar surface area (TPSA) is 134 Å². The summed E-state index contributed by atoms with van der Waals surface area (Å²) >= 11 is 0. The summed E-state index contributed by atoms with van der Waals surface area (Å²) in [6.45, 7) is 1.62. The average Bonchev–Trinajstić information content (AvgIpc) is 2.78. The molecule has 0 fully saturated rings. The second kappa shape index (κ2) is 4.72. The number of hydrogen-bond donors (Lipinski definition) is 3. The van der Waals surface area contributed by atoms with Crippen LogP contribution in [0.2, 0.25) is 0 Å². The number of phenols is 1. The van der Waals surface area contributed by atoms with Crippen molar-refractivity contribution in [2.24, 2.45) is 0 Å². The van der Waals surface area contributed by atoms with Gasteiger partial charge in [-0.15, -0.1) is 5.10 Å². The lowest BCUT2D eigenvalue weighted by atomic mass is 10.2. The maximum absolute atomic E-state index is 11.7. The first-order chi connectivity index (χ1) is 8.97. The molecule has 9 nitrogen and oxygen atoms in total. The number of nitro groups is 1. The van der Waals surface area contributed by atoms with Gasteiger partial charge in [0.25, 0.3) is 11.6 Å². The maximum atomic E-state index is 11.7. The predicted molar refractivity (Wildman–Crippen MR) is 63.8 cm³/mol. The fraction of sp³-hybridized carbons (Fsp3) is 0.100. The number of amides is 1. The molecule has 1 heterocycles. The van der Waals surface area contributed by atoms with Crippen molar-refractivity contribution in [2.75, 3.05) is 5.32 Å². The number of nitrogens with one attached hydrogen (secondary N) is 2. The van der Waals surface area contributed by atoms with Crippen LogP contribution in [-0.2, 0) is 0 Å². The van der Waals surface area contributed by atoms with Crippen molar-refractivity contribution in [1.82, 2.24) is 15.2 Å². The van der Waals surface area contributed by atoms with Gasteiger partial charge in [0.2, 0.25) is 5.82 Å². The molecule has 1 aromatic carbocycles. The van der Waals surface area contributed by atoms with Crippen molar-refractivity contribution in [1.29, 1.82) is 0 Å². The molecule has 3 N–H and O–H groups in total. The summed E-state index contributed by atoms with van der Waals surface area (Å²) in [5, 5.41) is 28.4. The first-order valence-electron chi connectivity index (χ1n) is 5.15. The van der Waals surface area contributed by atoms with E-state index in [0.29, 0.717) is 5.82 Å². The summed E-state index contributed by atoms with van der Waals surface area (Å²) in [5.74, 6) is -0.623. The highest BCUT2D eigenvalue weighted by atomic mass is 16.6. The van der Waals surface area contributed by atoms with Crippen LogP contribution in [0.15, 0.2) is 18.2 Å². The van der Waals surface area contributed by atoms with E-state index in [-0.39, 0.29) is 17.3 Å². The number of phenolic OH excluding ortho intramolecular Hbond substituents is 1. The van der Waals surface area contributed by atoms with Crippen LogP contribution in [-0.4, -0.2) is 31.1 Å². The van der Waals surface area contributed by atoms with Crippen LogP contribution in [0.4, 0.5) is 11.4 Å². The second-order valence-corrected chi connectivity index (χ2v) is 3.66. The molecular weight excluding hydrogens is 254 g/mol. The molecule has 0 aliphatic carbocycles. The zero-order valence-electron chi connectivity index (χ0n) is 9.75. The van der Waals surface area contributed by atoms with E-state index in [9.17, 15) is 20.0 Å². The van der Waals surface area contributed by atoms with Crippen LogP contribution in [0.5, 0.6) is 5.75 Å². The van der Waals surface area contributed by atoms with Crippen LogP contribution in [0, 0.1) is 17.0 Å². The minimum Gasteiger partial charge on any atom is -0.508 e. The highest BCUT2D eigenvalue weighted by molar-refractivity contribution is 6.02. The van der Waals surface area contributed by atoms with Crippen LogP contribution in [0.25, 0.3) is 0 Å². The fourth-order valence-electron chi connectivity index (χ4n) is 1.40. The highest BCUT2D eigenvalue weighted by Crippen LogP contribution is 2.28. The van der Waals surface area contributed by atoms with Gasteiger partial charge in [-0.3, -0.25) is 20.0 Å². The Bertz CT molecular complexity index is 651. The molecule has 0 atom stereocenters. The summed E-state index contributed by atoms with van der Waals surface area (Å²) in [7, 11) is 0. The smallest absolute Gasteiger partial charge is 0.296 e. The van der Waals surface area contributed by atoms with E-state index in [4.69, 9.17) is 0 Å². The number of carbonyl (C=O) groups is 1. The molecule has 2 aromatic rings. The number of H-pyrrole nitrogens is 1. The Balaban J connectivity index is 2.28. The average molecular weight is 263 g/mol. The third kappa shape index (κ3) is 2.65. The SMILES string of the molecule is Cc1nc(C(=O)Nc2ccc(O)cc2[N+](=O)[O-])n[nH]1. The number of anilines is 1. The molecule has 0 aliphatic rings. The van der Waals surface area contributed by atoms with Gasteiger partial charge in [0.05, 0.1) is 11.0 Å². The number of nitro benzene ring substituents is 1. The van der Waals surface area contributed by atoms with E-state index < -0.39 is 16.5 Å². The van der Waals surface area contributed by atoms with Crippen LogP contribution >= 0.6 is 0 Å². The Hall–Kier alpha value is -2.97. The van der Waals surface area contributed by atoms with Gasteiger partial charge in [-0.05, 0) is 19.1 Å². The van der Waals surface area contributed by atoms with Crippen molar-refractivity contribution in [3.8, 4) is 5.75 Å². The zero-order valence-corrected chi connectivity index (χ0v) is 9.75. The minimum atomic E-state index is -0.710. The normalized spacial score (nSPS) is 10.2. The number of aryl methyl sites for hydroxylation is 1. The number of rotatable bonds is 3. The van der Waals surface area contributed by atoms with E-state index in [1.807, 2.05) is 0 Å². The number of carbonyl (C=O) groups excluding carboxylic acids is 1. The molecule has 0 aliphatic heterocycles. The molecule has 1 aromatic heterocycles. The van der Waals surface area contributed by atoms with Crippen molar-refractivity contribution in [3.63, 3.8) is 0 Å². The Labute approximate surface area is 106 Å². The van der Waals surface area contributed by atoms with Gasteiger partial charge in [0.15, 0.2) is 0 Å². The quantitative estimate of drug-likeness (QED) is 0.429. The van der Waals surface area contributed by atoms with E-state index >= 15 is 0 Å². The van der Waals surface area contributed by atoms with Gasteiger partial charge < -0.3 is 10.4 Å².